The summed E-state index contributed by atoms with van der Waals surface area (Å²) in [4.78, 5) is 34.7. The minimum absolute atomic E-state index is 0.0190. The summed E-state index contributed by atoms with van der Waals surface area (Å²) in [6.07, 6.45) is 6.56. The van der Waals surface area contributed by atoms with Crippen molar-refractivity contribution in [3.8, 4) is 5.75 Å². The van der Waals surface area contributed by atoms with Crippen LogP contribution in [0.2, 0.25) is 0 Å². The van der Waals surface area contributed by atoms with Crippen LogP contribution in [0, 0.1) is 10.1 Å². The maximum absolute atomic E-state index is 12.2. The first-order valence-corrected chi connectivity index (χ1v) is 8.91. The number of benzene rings is 1. The zero-order valence-corrected chi connectivity index (χ0v) is 15.5. The van der Waals surface area contributed by atoms with Gasteiger partial charge in [0.25, 0.3) is 5.91 Å². The molecule has 1 aliphatic rings. The van der Waals surface area contributed by atoms with Crippen LogP contribution in [0.4, 0.5) is 5.69 Å². The van der Waals surface area contributed by atoms with Gasteiger partial charge in [0.2, 0.25) is 0 Å². The van der Waals surface area contributed by atoms with Gasteiger partial charge in [-0.3, -0.25) is 14.9 Å². The van der Waals surface area contributed by atoms with E-state index in [1.54, 1.807) is 0 Å². The molecule has 0 unspecified atom stereocenters. The predicted molar refractivity (Wildman–Crippen MR) is 98.7 cm³/mol. The van der Waals surface area contributed by atoms with Gasteiger partial charge < -0.3 is 14.8 Å². The molecule has 0 aliphatic heterocycles. The molecule has 0 heterocycles. The van der Waals surface area contributed by atoms with Gasteiger partial charge in [-0.25, -0.2) is 4.79 Å². The van der Waals surface area contributed by atoms with Crippen molar-refractivity contribution >= 4 is 17.6 Å². The molecule has 0 spiro atoms. The van der Waals surface area contributed by atoms with Crippen molar-refractivity contribution in [3.05, 3.63) is 45.5 Å². The third-order valence-electron chi connectivity index (χ3n) is 4.39. The number of hydrogen-bond donors (Lipinski definition) is 1. The van der Waals surface area contributed by atoms with Gasteiger partial charge in [-0.15, -0.1) is 0 Å². The quantitative estimate of drug-likeness (QED) is 0.323. The first-order valence-electron chi connectivity index (χ1n) is 8.91. The average molecular weight is 376 g/mol. The second kappa shape index (κ2) is 9.70. The lowest BCUT2D eigenvalue weighted by Crippen LogP contribution is -2.36. The first-order chi connectivity index (χ1) is 12.9. The highest BCUT2D eigenvalue weighted by Gasteiger charge is 2.22. The Labute approximate surface area is 157 Å². The summed E-state index contributed by atoms with van der Waals surface area (Å²) in [6.45, 7) is 1.95. The number of nitrogens with zero attached hydrogens (tertiary/aromatic N) is 1. The van der Waals surface area contributed by atoms with Gasteiger partial charge >= 0.3 is 11.7 Å². The van der Waals surface area contributed by atoms with Crippen molar-refractivity contribution in [2.24, 2.45) is 0 Å². The van der Waals surface area contributed by atoms with Crippen LogP contribution in [-0.4, -0.2) is 36.6 Å². The molecule has 0 aromatic heterocycles. The van der Waals surface area contributed by atoms with E-state index in [-0.39, 0.29) is 17.0 Å². The fraction of sp³-hybridized carbons (Fsp3) is 0.474. The second-order valence-corrected chi connectivity index (χ2v) is 6.34. The summed E-state index contributed by atoms with van der Waals surface area (Å²) < 4.78 is 10.0. The molecular weight excluding hydrogens is 352 g/mol. The molecule has 8 nitrogen and oxygen atoms in total. The zero-order valence-electron chi connectivity index (χ0n) is 15.5. The lowest BCUT2D eigenvalue weighted by atomic mass is 9.97. The van der Waals surface area contributed by atoms with Crippen LogP contribution in [-0.2, 0) is 9.53 Å². The van der Waals surface area contributed by atoms with E-state index in [4.69, 9.17) is 9.47 Å². The largest absolute Gasteiger partial charge is 0.490 e. The molecule has 0 saturated carbocycles. The number of amides is 1. The van der Waals surface area contributed by atoms with E-state index in [0.29, 0.717) is 6.54 Å². The van der Waals surface area contributed by atoms with Gasteiger partial charge in [0.1, 0.15) is 0 Å². The standard InChI is InChI=1S/C19H24N2O6/c1-13(18(22)20-11-10-14-6-4-3-5-7-14)27-19(23)15-8-9-17(26-2)16(12-15)21(24)25/h6,8-9,12-13H,3-5,7,10-11H2,1-2H3,(H,20,22)/t13-/m1/s1. The molecule has 1 aromatic rings. The van der Waals surface area contributed by atoms with E-state index in [0.717, 1.165) is 25.3 Å². The number of rotatable bonds is 8. The van der Waals surface area contributed by atoms with E-state index in [1.165, 1.54) is 44.6 Å². The Bertz CT molecular complexity index is 744. The molecule has 8 heteroatoms. The monoisotopic (exact) mass is 376 g/mol. The van der Waals surface area contributed by atoms with E-state index < -0.39 is 22.9 Å². The summed E-state index contributed by atoms with van der Waals surface area (Å²) >= 11 is 0. The number of methoxy groups -OCH3 is 1. The normalized spacial score (nSPS) is 14.7. The minimum Gasteiger partial charge on any atom is -0.490 e. The highest BCUT2D eigenvalue weighted by Crippen LogP contribution is 2.28. The smallest absolute Gasteiger partial charge is 0.339 e. The Morgan fingerprint density at radius 3 is 2.74 bits per heavy atom. The van der Waals surface area contributed by atoms with Gasteiger partial charge in [-0.05, 0) is 51.2 Å². The highest BCUT2D eigenvalue weighted by molar-refractivity contribution is 5.93. The van der Waals surface area contributed by atoms with Gasteiger partial charge in [0, 0.05) is 12.6 Å². The van der Waals surface area contributed by atoms with Crippen molar-refractivity contribution in [3.63, 3.8) is 0 Å². The number of allylic oxidation sites excluding steroid dienone is 1. The number of nitro groups is 1. The van der Waals surface area contributed by atoms with Crippen molar-refractivity contribution in [1.82, 2.24) is 5.32 Å². The van der Waals surface area contributed by atoms with Crippen LogP contribution in [0.1, 0.15) is 49.4 Å². The third kappa shape index (κ3) is 5.80. The Morgan fingerprint density at radius 1 is 1.33 bits per heavy atom. The molecule has 146 valence electrons. The Hall–Kier alpha value is -2.90. The molecule has 1 N–H and O–H groups in total. The van der Waals surface area contributed by atoms with Crippen LogP contribution >= 0.6 is 0 Å². The molecule has 1 atom stereocenters. The number of esters is 1. The van der Waals surface area contributed by atoms with E-state index >= 15 is 0 Å². The fourth-order valence-electron chi connectivity index (χ4n) is 2.86. The van der Waals surface area contributed by atoms with Crippen molar-refractivity contribution in [2.75, 3.05) is 13.7 Å². The molecule has 1 amide bonds. The number of carbonyl (C=O) groups excluding carboxylic acids is 2. The first kappa shape index (κ1) is 20.4. The number of nitro benzene ring substituents is 1. The SMILES string of the molecule is COc1ccc(C(=O)O[C@H](C)C(=O)NCCC2=CCCCC2)cc1[N+](=O)[O-]. The maximum atomic E-state index is 12.2. The highest BCUT2D eigenvalue weighted by atomic mass is 16.6. The number of carbonyl (C=O) groups is 2. The number of nitrogens with one attached hydrogen (secondary N) is 1. The molecular formula is C19H24N2O6. The third-order valence-corrected chi connectivity index (χ3v) is 4.39. The maximum Gasteiger partial charge on any atom is 0.339 e. The van der Waals surface area contributed by atoms with Gasteiger partial charge in [0.15, 0.2) is 11.9 Å². The number of hydrogen-bond acceptors (Lipinski definition) is 6. The minimum atomic E-state index is -1.00. The van der Waals surface area contributed by atoms with Gasteiger partial charge in [-0.2, -0.15) is 0 Å². The molecule has 0 bridgehead atoms. The van der Waals surface area contributed by atoms with Gasteiger partial charge in [0.05, 0.1) is 17.6 Å². The Morgan fingerprint density at radius 2 is 2.11 bits per heavy atom. The van der Waals surface area contributed by atoms with Crippen LogP contribution < -0.4 is 10.1 Å². The molecule has 27 heavy (non-hydrogen) atoms. The van der Waals surface area contributed by atoms with Crippen LogP contribution in [0.5, 0.6) is 5.75 Å². The topological polar surface area (TPSA) is 108 Å². The van der Waals surface area contributed by atoms with E-state index in [9.17, 15) is 19.7 Å². The summed E-state index contributed by atoms with van der Waals surface area (Å²) in [6, 6.07) is 3.74. The van der Waals surface area contributed by atoms with Gasteiger partial charge in [-0.1, -0.05) is 11.6 Å². The molecule has 1 aliphatic carbocycles. The van der Waals surface area contributed by atoms with E-state index in [1.807, 2.05) is 0 Å². The summed E-state index contributed by atoms with van der Waals surface area (Å²) in [5, 5.41) is 13.8. The Balaban J connectivity index is 1.88. The zero-order chi connectivity index (χ0) is 19.8. The Kier molecular flexibility index (Phi) is 7.34. The lowest BCUT2D eigenvalue weighted by Gasteiger charge is -2.15. The summed E-state index contributed by atoms with van der Waals surface area (Å²) in [7, 11) is 1.30. The number of ether oxygens (including phenoxy) is 2. The van der Waals surface area contributed by atoms with E-state index in [2.05, 4.69) is 11.4 Å². The lowest BCUT2D eigenvalue weighted by molar-refractivity contribution is -0.385. The van der Waals surface area contributed by atoms with Crippen LogP contribution in [0.3, 0.4) is 0 Å². The molecule has 1 aromatic carbocycles. The molecule has 0 radical (unpaired) electrons. The predicted octanol–water partition coefficient (Wildman–Crippen LogP) is 3.16. The van der Waals surface area contributed by atoms with Crippen molar-refractivity contribution < 1.29 is 24.0 Å². The molecule has 0 fully saturated rings. The average Bonchev–Trinajstić information content (AvgIpc) is 2.67. The second-order valence-electron chi connectivity index (χ2n) is 6.34. The fourth-order valence-corrected chi connectivity index (χ4v) is 2.86. The summed E-state index contributed by atoms with van der Waals surface area (Å²) in [5.74, 6) is -1.17. The van der Waals surface area contributed by atoms with Crippen LogP contribution in [0.15, 0.2) is 29.8 Å². The van der Waals surface area contributed by atoms with Crippen LogP contribution in [0.25, 0.3) is 0 Å². The summed E-state index contributed by atoms with van der Waals surface area (Å²) in [5.41, 5.74) is 0.982. The molecule has 0 saturated heterocycles. The van der Waals surface area contributed by atoms with Crippen molar-refractivity contribution in [1.29, 1.82) is 0 Å². The van der Waals surface area contributed by atoms with Crippen molar-refractivity contribution in [2.45, 2.75) is 45.1 Å². The molecule has 2 rings (SSSR count).